The molecule has 0 saturated carbocycles. The Labute approximate surface area is 172 Å². The molecule has 0 unspecified atom stereocenters. The molecule has 0 radical (unpaired) electrons. The fourth-order valence-electron chi connectivity index (χ4n) is 3.06. The van der Waals surface area contributed by atoms with Gasteiger partial charge in [-0.1, -0.05) is 11.9 Å². The van der Waals surface area contributed by atoms with Gasteiger partial charge >= 0.3 is 0 Å². The van der Waals surface area contributed by atoms with Crippen molar-refractivity contribution in [3.63, 3.8) is 0 Å². The Hall–Kier alpha value is -2.57. The number of nitrogens with one attached hydrogen (secondary N) is 1. The predicted molar refractivity (Wildman–Crippen MR) is 112 cm³/mol. The number of carbonyl (C=O) groups excluding carboxylic acids is 2. The fourth-order valence-corrected chi connectivity index (χ4v) is 4.30. The normalized spacial score (nSPS) is 13.5. The molecule has 1 aromatic heterocycles. The number of anilines is 2. The minimum absolute atomic E-state index is 0.176. The average molecular weight is 416 g/mol. The average Bonchev–Trinajstić information content (AvgIpc) is 3.28. The van der Waals surface area contributed by atoms with Crippen LogP contribution in [0.25, 0.3) is 0 Å². The lowest BCUT2D eigenvalue weighted by molar-refractivity contribution is -0.127. The van der Waals surface area contributed by atoms with Crippen molar-refractivity contribution in [3.05, 3.63) is 40.4 Å². The molecule has 0 spiro atoms. The summed E-state index contributed by atoms with van der Waals surface area (Å²) < 4.78 is 2.71. The second-order valence-electron chi connectivity index (χ2n) is 6.33. The van der Waals surface area contributed by atoms with E-state index in [9.17, 15) is 9.59 Å². The zero-order valence-corrected chi connectivity index (χ0v) is 17.4. The highest BCUT2D eigenvalue weighted by Gasteiger charge is 2.24. The van der Waals surface area contributed by atoms with Crippen LogP contribution in [0.3, 0.4) is 0 Å². The molecule has 2 aromatic rings. The lowest BCUT2D eigenvalue weighted by Crippen LogP contribution is -2.33. The zero-order valence-electron chi connectivity index (χ0n) is 15.8. The van der Waals surface area contributed by atoms with Gasteiger partial charge in [0.25, 0.3) is 5.91 Å². The van der Waals surface area contributed by atoms with Gasteiger partial charge in [0.1, 0.15) is 5.69 Å². The van der Waals surface area contributed by atoms with E-state index in [-0.39, 0.29) is 11.8 Å². The second-order valence-corrected chi connectivity index (χ2v) is 8.13. The van der Waals surface area contributed by atoms with E-state index in [2.05, 4.69) is 15.8 Å². The van der Waals surface area contributed by atoms with Crippen molar-refractivity contribution in [3.8, 4) is 6.07 Å². The van der Waals surface area contributed by atoms with E-state index < -0.39 is 0 Å². The third-order valence-corrected chi connectivity index (χ3v) is 5.88. The first kappa shape index (κ1) is 20.2. The molecule has 1 saturated heterocycles. The molecule has 7 nitrogen and oxygen atoms in total. The van der Waals surface area contributed by atoms with Crippen LogP contribution in [-0.4, -0.2) is 47.6 Å². The molecule has 28 heavy (non-hydrogen) atoms. The molecule has 1 fully saturated rings. The number of thiazole rings is 1. The number of hydrogen-bond acceptors (Lipinski definition) is 7. The van der Waals surface area contributed by atoms with E-state index in [0.717, 1.165) is 23.5 Å². The molecular weight excluding hydrogens is 394 g/mol. The first-order chi connectivity index (χ1) is 13.5. The van der Waals surface area contributed by atoms with Crippen molar-refractivity contribution in [2.75, 3.05) is 30.8 Å². The molecule has 2 heterocycles. The summed E-state index contributed by atoms with van der Waals surface area (Å²) in [6.45, 7) is 3.80. The van der Waals surface area contributed by atoms with Crippen molar-refractivity contribution < 1.29 is 9.59 Å². The van der Waals surface area contributed by atoms with E-state index in [0.29, 0.717) is 35.9 Å². The van der Waals surface area contributed by atoms with Crippen LogP contribution in [0, 0.1) is 18.3 Å². The van der Waals surface area contributed by atoms with Crippen molar-refractivity contribution >= 4 is 45.9 Å². The van der Waals surface area contributed by atoms with E-state index in [1.54, 1.807) is 18.4 Å². The van der Waals surface area contributed by atoms with Gasteiger partial charge in [0, 0.05) is 42.9 Å². The maximum atomic E-state index is 12.2. The molecule has 1 N–H and O–H groups in total. The first-order valence-corrected chi connectivity index (χ1v) is 10.9. The molecule has 0 bridgehead atoms. The SMILES string of the molecule is CSNC(=O)c1nc(N(CCN2CCCC2=O)c2ccc(C#N)cc2)sc1C. The summed E-state index contributed by atoms with van der Waals surface area (Å²) in [7, 11) is 0. The van der Waals surface area contributed by atoms with Crippen LogP contribution in [0.4, 0.5) is 10.8 Å². The summed E-state index contributed by atoms with van der Waals surface area (Å²) in [6, 6.07) is 9.36. The first-order valence-electron chi connectivity index (χ1n) is 8.89. The Morgan fingerprint density at radius 2 is 2.18 bits per heavy atom. The van der Waals surface area contributed by atoms with Gasteiger partial charge in [0.2, 0.25) is 5.91 Å². The molecule has 1 aliphatic rings. The minimum Gasteiger partial charge on any atom is -0.341 e. The number of benzene rings is 1. The number of nitrogens with zero attached hydrogens (tertiary/aromatic N) is 4. The molecule has 0 aliphatic carbocycles. The van der Waals surface area contributed by atoms with Gasteiger partial charge in [-0.25, -0.2) is 4.98 Å². The number of aryl methyl sites for hydroxylation is 1. The fraction of sp³-hybridized carbons (Fsp3) is 0.368. The third kappa shape index (κ3) is 4.46. The van der Waals surface area contributed by atoms with Gasteiger partial charge in [-0.15, -0.1) is 11.3 Å². The molecule has 146 valence electrons. The number of rotatable bonds is 7. The van der Waals surface area contributed by atoms with Crippen LogP contribution < -0.4 is 9.62 Å². The van der Waals surface area contributed by atoms with E-state index in [4.69, 9.17) is 5.26 Å². The van der Waals surface area contributed by atoms with Gasteiger partial charge < -0.3 is 9.80 Å². The van der Waals surface area contributed by atoms with Crippen molar-refractivity contribution in [2.24, 2.45) is 0 Å². The molecule has 1 aromatic carbocycles. The summed E-state index contributed by atoms with van der Waals surface area (Å²) in [6.07, 6.45) is 3.29. The smallest absolute Gasteiger partial charge is 0.280 e. The second kappa shape index (κ2) is 9.08. The topological polar surface area (TPSA) is 89.3 Å². The Morgan fingerprint density at radius 3 is 2.79 bits per heavy atom. The summed E-state index contributed by atoms with van der Waals surface area (Å²) in [5, 5.41) is 9.74. The molecule has 2 amide bonds. The maximum Gasteiger partial charge on any atom is 0.280 e. The van der Waals surface area contributed by atoms with Crippen LogP contribution in [0.2, 0.25) is 0 Å². The van der Waals surface area contributed by atoms with Crippen molar-refractivity contribution in [1.82, 2.24) is 14.6 Å². The summed E-state index contributed by atoms with van der Waals surface area (Å²) in [5.74, 6) is -0.0443. The van der Waals surface area contributed by atoms with Gasteiger partial charge in [-0.3, -0.25) is 14.3 Å². The number of amides is 2. The quantitative estimate of drug-likeness (QED) is 0.699. The molecule has 0 atom stereocenters. The summed E-state index contributed by atoms with van der Waals surface area (Å²) in [4.78, 5) is 33.5. The van der Waals surface area contributed by atoms with Gasteiger partial charge in [0.05, 0.1) is 11.6 Å². The van der Waals surface area contributed by atoms with Crippen LogP contribution in [-0.2, 0) is 4.79 Å². The number of likely N-dealkylation sites (tertiary alicyclic amines) is 1. The highest BCUT2D eigenvalue weighted by molar-refractivity contribution is 7.97. The Balaban J connectivity index is 1.88. The number of aromatic nitrogens is 1. The Bertz CT molecular complexity index is 904. The Morgan fingerprint density at radius 1 is 1.43 bits per heavy atom. The van der Waals surface area contributed by atoms with Crippen molar-refractivity contribution in [1.29, 1.82) is 5.26 Å². The summed E-state index contributed by atoms with van der Waals surface area (Å²) >= 11 is 2.68. The highest BCUT2D eigenvalue weighted by atomic mass is 32.2. The minimum atomic E-state index is -0.220. The standard InChI is InChI=1S/C19H21N5O2S2/c1-13-17(18(26)22-27-2)21-19(28-13)24(11-10-23-9-3-4-16(23)25)15-7-5-14(12-20)6-8-15/h5-8H,3-4,9-11H2,1-2H3,(H,22,26). The summed E-state index contributed by atoms with van der Waals surface area (Å²) in [5.41, 5.74) is 1.86. The van der Waals surface area contributed by atoms with E-state index >= 15 is 0 Å². The zero-order chi connectivity index (χ0) is 20.1. The number of nitriles is 1. The molecule has 9 heteroatoms. The van der Waals surface area contributed by atoms with Crippen LogP contribution in [0.15, 0.2) is 24.3 Å². The maximum absolute atomic E-state index is 12.2. The van der Waals surface area contributed by atoms with Crippen LogP contribution in [0.5, 0.6) is 0 Å². The monoisotopic (exact) mass is 415 g/mol. The number of hydrogen-bond donors (Lipinski definition) is 1. The van der Waals surface area contributed by atoms with Gasteiger partial charge in [0.15, 0.2) is 5.13 Å². The van der Waals surface area contributed by atoms with Crippen LogP contribution >= 0.6 is 23.3 Å². The van der Waals surface area contributed by atoms with E-state index in [1.807, 2.05) is 28.9 Å². The molecule has 1 aliphatic heterocycles. The Kier molecular flexibility index (Phi) is 6.54. The molecule has 3 rings (SSSR count). The van der Waals surface area contributed by atoms with Crippen LogP contribution in [0.1, 0.15) is 33.8 Å². The largest absolute Gasteiger partial charge is 0.341 e. The predicted octanol–water partition coefficient (Wildman–Crippen LogP) is 3.09. The number of carbonyl (C=O) groups is 2. The van der Waals surface area contributed by atoms with Crippen molar-refractivity contribution in [2.45, 2.75) is 19.8 Å². The van der Waals surface area contributed by atoms with Gasteiger partial charge in [-0.2, -0.15) is 5.26 Å². The molecular formula is C19H21N5O2S2. The lowest BCUT2D eigenvalue weighted by atomic mass is 10.2. The van der Waals surface area contributed by atoms with E-state index in [1.165, 1.54) is 23.3 Å². The van der Waals surface area contributed by atoms with Gasteiger partial charge in [-0.05, 0) is 37.6 Å². The highest BCUT2D eigenvalue weighted by Crippen LogP contribution is 2.32. The lowest BCUT2D eigenvalue weighted by Gasteiger charge is -2.25. The third-order valence-electron chi connectivity index (χ3n) is 4.50.